The largest absolute Gasteiger partial charge is 0.493 e. The van der Waals surface area contributed by atoms with Crippen molar-refractivity contribution in [2.24, 2.45) is 0 Å². The molecule has 3 aromatic rings. The lowest BCUT2D eigenvalue weighted by Crippen LogP contribution is -2.34. The van der Waals surface area contributed by atoms with Crippen LogP contribution < -0.4 is 4.74 Å². The van der Waals surface area contributed by atoms with Crippen LogP contribution in [0.1, 0.15) is 61.4 Å². The minimum atomic E-state index is 0.177. The van der Waals surface area contributed by atoms with Crippen LogP contribution in [0.4, 0.5) is 0 Å². The van der Waals surface area contributed by atoms with Gasteiger partial charge in [0.2, 0.25) is 5.91 Å². The van der Waals surface area contributed by atoms with Gasteiger partial charge in [0.05, 0.1) is 17.6 Å². The lowest BCUT2D eigenvalue weighted by atomic mass is 10.1. The van der Waals surface area contributed by atoms with Gasteiger partial charge in [0.15, 0.2) is 0 Å². The molecule has 1 saturated heterocycles. The minimum absolute atomic E-state index is 0.177. The molecule has 2 aliphatic rings. The van der Waals surface area contributed by atoms with Gasteiger partial charge in [-0.2, -0.15) is 0 Å². The fourth-order valence-corrected chi connectivity index (χ4v) is 5.48. The number of imidazole rings is 1. The van der Waals surface area contributed by atoms with E-state index in [0.717, 1.165) is 55.0 Å². The predicted molar refractivity (Wildman–Crippen MR) is 127 cm³/mol. The van der Waals surface area contributed by atoms with Crippen molar-refractivity contribution in [3.63, 3.8) is 0 Å². The number of para-hydroxylation sites is 2. The summed E-state index contributed by atoms with van der Waals surface area (Å²) in [5.74, 6) is 2.50. The van der Waals surface area contributed by atoms with Crippen LogP contribution in [0.2, 0.25) is 0 Å². The number of aromatic nitrogens is 2. The average molecular weight is 432 g/mol. The summed E-state index contributed by atoms with van der Waals surface area (Å²) < 4.78 is 8.40. The SMILES string of the molecule is Cc1ccc(OCCCn2c(C3CC(=O)N(C4CCCC4)C3)nc3ccccc32)c(C)c1. The molecule has 2 heterocycles. The first kappa shape index (κ1) is 21.0. The van der Waals surface area contributed by atoms with Crippen LogP contribution in [0.15, 0.2) is 42.5 Å². The lowest BCUT2D eigenvalue weighted by Gasteiger charge is -2.24. The molecule has 0 spiro atoms. The van der Waals surface area contributed by atoms with Gasteiger partial charge in [0, 0.05) is 31.5 Å². The number of hydrogen-bond acceptors (Lipinski definition) is 3. The summed E-state index contributed by atoms with van der Waals surface area (Å²) in [4.78, 5) is 20.0. The van der Waals surface area contributed by atoms with Gasteiger partial charge in [0.25, 0.3) is 0 Å². The second kappa shape index (κ2) is 8.97. The second-order valence-electron chi connectivity index (χ2n) is 9.47. The van der Waals surface area contributed by atoms with Crippen molar-refractivity contribution in [3.8, 4) is 5.75 Å². The second-order valence-corrected chi connectivity index (χ2v) is 9.47. The number of hydrogen-bond donors (Lipinski definition) is 0. The number of nitrogens with zero attached hydrogens (tertiary/aromatic N) is 3. The Morgan fingerprint density at radius 3 is 2.72 bits per heavy atom. The maximum atomic E-state index is 12.8. The molecule has 168 valence electrons. The van der Waals surface area contributed by atoms with E-state index in [4.69, 9.17) is 9.72 Å². The van der Waals surface area contributed by atoms with E-state index in [2.05, 4.69) is 59.7 Å². The zero-order valence-electron chi connectivity index (χ0n) is 19.2. The van der Waals surface area contributed by atoms with E-state index in [9.17, 15) is 4.79 Å². The van der Waals surface area contributed by atoms with Crippen molar-refractivity contribution < 1.29 is 9.53 Å². The normalized spacial score (nSPS) is 19.4. The smallest absolute Gasteiger partial charge is 0.223 e. The zero-order chi connectivity index (χ0) is 22.1. The van der Waals surface area contributed by atoms with Crippen LogP contribution >= 0.6 is 0 Å². The Bertz CT molecular complexity index is 1110. The molecule has 5 rings (SSSR count). The highest BCUT2D eigenvalue weighted by Crippen LogP contribution is 2.35. The van der Waals surface area contributed by atoms with Gasteiger partial charge in [-0.15, -0.1) is 0 Å². The Balaban J connectivity index is 1.31. The van der Waals surface area contributed by atoms with Gasteiger partial charge in [-0.25, -0.2) is 4.98 Å². The van der Waals surface area contributed by atoms with Crippen molar-refractivity contribution in [2.45, 2.75) is 70.9 Å². The van der Waals surface area contributed by atoms with Crippen LogP contribution in [0, 0.1) is 13.8 Å². The van der Waals surface area contributed by atoms with E-state index >= 15 is 0 Å². The van der Waals surface area contributed by atoms with Crippen molar-refractivity contribution in [2.75, 3.05) is 13.2 Å². The monoisotopic (exact) mass is 431 g/mol. The topological polar surface area (TPSA) is 47.4 Å². The minimum Gasteiger partial charge on any atom is -0.493 e. The fraction of sp³-hybridized carbons (Fsp3) is 0.481. The van der Waals surface area contributed by atoms with E-state index < -0.39 is 0 Å². The average Bonchev–Trinajstić information content (AvgIpc) is 3.51. The quantitative estimate of drug-likeness (QED) is 0.472. The first-order chi connectivity index (χ1) is 15.6. The predicted octanol–water partition coefficient (Wildman–Crippen LogP) is 5.38. The fourth-order valence-electron chi connectivity index (χ4n) is 5.48. The summed E-state index contributed by atoms with van der Waals surface area (Å²) in [6.45, 7) is 6.51. The van der Waals surface area contributed by atoms with Gasteiger partial charge >= 0.3 is 0 Å². The van der Waals surface area contributed by atoms with E-state index in [1.165, 1.54) is 24.0 Å². The maximum absolute atomic E-state index is 12.8. The number of likely N-dealkylation sites (tertiary alicyclic amines) is 1. The number of ether oxygens (including phenoxy) is 1. The van der Waals surface area contributed by atoms with Crippen molar-refractivity contribution >= 4 is 16.9 Å². The molecule has 1 unspecified atom stereocenters. The molecule has 0 N–H and O–H groups in total. The van der Waals surface area contributed by atoms with E-state index in [1.54, 1.807) is 0 Å². The summed E-state index contributed by atoms with van der Waals surface area (Å²) in [5, 5.41) is 0. The Kier molecular flexibility index (Phi) is 5.90. The van der Waals surface area contributed by atoms with Gasteiger partial charge in [-0.05, 0) is 56.9 Å². The van der Waals surface area contributed by atoms with Gasteiger partial charge in [0.1, 0.15) is 11.6 Å². The summed E-state index contributed by atoms with van der Waals surface area (Å²) in [7, 11) is 0. The number of aryl methyl sites for hydroxylation is 3. The number of benzene rings is 2. The van der Waals surface area contributed by atoms with E-state index in [1.807, 2.05) is 6.07 Å². The molecule has 2 fully saturated rings. The third-order valence-corrected chi connectivity index (χ3v) is 7.09. The molecule has 0 bridgehead atoms. The van der Waals surface area contributed by atoms with Crippen LogP contribution in [0.3, 0.4) is 0 Å². The highest BCUT2D eigenvalue weighted by Gasteiger charge is 2.38. The summed E-state index contributed by atoms with van der Waals surface area (Å²) >= 11 is 0. The van der Waals surface area contributed by atoms with E-state index in [-0.39, 0.29) is 5.92 Å². The Hall–Kier alpha value is -2.82. The first-order valence-electron chi connectivity index (χ1n) is 12.0. The zero-order valence-corrected chi connectivity index (χ0v) is 19.2. The number of amides is 1. The number of carbonyl (C=O) groups is 1. The summed E-state index contributed by atoms with van der Waals surface area (Å²) in [5.41, 5.74) is 4.60. The molecule has 5 heteroatoms. The molecule has 1 aromatic heterocycles. The van der Waals surface area contributed by atoms with E-state index in [0.29, 0.717) is 25.0 Å². The number of rotatable bonds is 7. The van der Waals surface area contributed by atoms with Crippen molar-refractivity contribution in [1.82, 2.24) is 14.5 Å². The van der Waals surface area contributed by atoms with Crippen LogP contribution in [0.5, 0.6) is 5.75 Å². The first-order valence-corrected chi connectivity index (χ1v) is 12.0. The van der Waals surface area contributed by atoms with Crippen LogP contribution in [-0.2, 0) is 11.3 Å². The van der Waals surface area contributed by atoms with Crippen molar-refractivity contribution in [1.29, 1.82) is 0 Å². The van der Waals surface area contributed by atoms with Gasteiger partial charge in [-0.3, -0.25) is 4.79 Å². The Morgan fingerprint density at radius 1 is 1.09 bits per heavy atom. The highest BCUT2D eigenvalue weighted by atomic mass is 16.5. The number of carbonyl (C=O) groups excluding carboxylic acids is 1. The Labute approximate surface area is 190 Å². The molecular weight excluding hydrogens is 398 g/mol. The molecule has 1 saturated carbocycles. The van der Waals surface area contributed by atoms with Gasteiger partial charge < -0.3 is 14.2 Å². The molecule has 32 heavy (non-hydrogen) atoms. The standard InChI is InChI=1S/C27H33N3O2/c1-19-12-13-25(20(2)16-19)32-15-7-14-29-24-11-6-5-10-23(24)28-27(29)21-17-26(31)30(18-21)22-8-3-4-9-22/h5-6,10-13,16,21-22H,3-4,7-9,14-15,17-18H2,1-2H3. The molecular formula is C27H33N3O2. The Morgan fingerprint density at radius 2 is 1.91 bits per heavy atom. The third-order valence-electron chi connectivity index (χ3n) is 7.09. The molecule has 1 aliphatic carbocycles. The van der Waals surface area contributed by atoms with Crippen LogP contribution in [-0.4, -0.2) is 39.6 Å². The molecule has 1 atom stereocenters. The molecule has 1 aliphatic heterocycles. The maximum Gasteiger partial charge on any atom is 0.223 e. The lowest BCUT2D eigenvalue weighted by molar-refractivity contribution is -0.129. The number of fused-ring (bicyclic) bond motifs is 1. The van der Waals surface area contributed by atoms with Gasteiger partial charge in [-0.1, -0.05) is 42.7 Å². The molecule has 1 amide bonds. The van der Waals surface area contributed by atoms with Crippen molar-refractivity contribution in [3.05, 3.63) is 59.4 Å². The van der Waals surface area contributed by atoms with Crippen LogP contribution in [0.25, 0.3) is 11.0 Å². The molecule has 0 radical (unpaired) electrons. The molecule has 5 nitrogen and oxygen atoms in total. The summed E-state index contributed by atoms with van der Waals surface area (Å²) in [6.07, 6.45) is 6.29. The summed E-state index contributed by atoms with van der Waals surface area (Å²) in [6, 6.07) is 15.1. The highest BCUT2D eigenvalue weighted by molar-refractivity contribution is 5.81. The third kappa shape index (κ3) is 4.13. The molecule has 2 aromatic carbocycles.